The molecule has 0 aliphatic rings. The molecular weight excluding hydrogens is 366 g/mol. The summed E-state index contributed by atoms with van der Waals surface area (Å²) < 4.78 is 10.3. The van der Waals surface area contributed by atoms with E-state index in [2.05, 4.69) is 5.32 Å². The Morgan fingerprint density at radius 1 is 1.39 bits per heavy atom. The zero-order valence-electron chi connectivity index (χ0n) is 15.1. The number of nitro groups is 1. The molecule has 0 unspecified atom stereocenters. The average Bonchev–Trinajstić information content (AvgIpc) is 2.67. The molecule has 9 nitrogen and oxygen atoms in total. The summed E-state index contributed by atoms with van der Waals surface area (Å²) in [5, 5.41) is 32.8. The summed E-state index contributed by atoms with van der Waals surface area (Å²) in [6.07, 6.45) is 1.16. The number of aromatic hydroxyl groups is 1. The summed E-state index contributed by atoms with van der Waals surface area (Å²) in [6.45, 7) is 2.29. The van der Waals surface area contributed by atoms with Crippen LogP contribution in [-0.4, -0.2) is 29.7 Å². The molecule has 0 aromatic heterocycles. The van der Waals surface area contributed by atoms with Gasteiger partial charge in [0.05, 0.1) is 18.6 Å². The van der Waals surface area contributed by atoms with Crippen LogP contribution in [0.1, 0.15) is 12.5 Å². The molecule has 28 heavy (non-hydrogen) atoms. The third-order valence-electron chi connectivity index (χ3n) is 3.57. The number of phenolic OH excluding ortho intramolecular Hbond substituents is 1. The van der Waals surface area contributed by atoms with Crippen LogP contribution >= 0.6 is 0 Å². The second-order valence-corrected chi connectivity index (χ2v) is 5.43. The van der Waals surface area contributed by atoms with E-state index in [0.29, 0.717) is 18.0 Å². The van der Waals surface area contributed by atoms with Crippen LogP contribution in [0, 0.1) is 21.4 Å². The predicted octanol–water partition coefficient (Wildman–Crippen LogP) is 3.25. The van der Waals surface area contributed by atoms with Gasteiger partial charge in [-0.15, -0.1) is 0 Å². The summed E-state index contributed by atoms with van der Waals surface area (Å²) in [7, 11) is 1.23. The number of phenols is 1. The summed E-state index contributed by atoms with van der Waals surface area (Å²) in [6, 6.07) is 10.7. The van der Waals surface area contributed by atoms with Crippen LogP contribution in [0.15, 0.2) is 42.0 Å². The second-order valence-electron chi connectivity index (χ2n) is 5.43. The third kappa shape index (κ3) is 4.76. The van der Waals surface area contributed by atoms with Gasteiger partial charge in [0.15, 0.2) is 5.75 Å². The SMILES string of the molecule is CCOc1cccc(NC(=O)/C(C#N)=C/c2cc(OC)c(O)c([N+](=O)[O-])c2)c1. The van der Waals surface area contributed by atoms with Crippen LogP contribution in [-0.2, 0) is 4.79 Å². The first-order chi connectivity index (χ1) is 13.4. The van der Waals surface area contributed by atoms with E-state index in [1.54, 1.807) is 30.3 Å². The molecule has 0 atom stereocenters. The maximum atomic E-state index is 12.4. The van der Waals surface area contributed by atoms with Crippen LogP contribution in [0.25, 0.3) is 6.08 Å². The Morgan fingerprint density at radius 2 is 2.14 bits per heavy atom. The van der Waals surface area contributed by atoms with Crippen LogP contribution < -0.4 is 14.8 Å². The number of anilines is 1. The van der Waals surface area contributed by atoms with Crippen molar-refractivity contribution in [1.29, 1.82) is 5.26 Å². The van der Waals surface area contributed by atoms with Crippen molar-refractivity contribution >= 4 is 23.4 Å². The number of nitrogens with one attached hydrogen (secondary N) is 1. The number of nitrogens with zero attached hydrogens (tertiary/aromatic N) is 2. The summed E-state index contributed by atoms with van der Waals surface area (Å²) in [4.78, 5) is 22.7. The number of hydrogen-bond acceptors (Lipinski definition) is 7. The molecule has 2 aromatic rings. The minimum absolute atomic E-state index is 0.149. The van der Waals surface area contributed by atoms with E-state index in [-0.39, 0.29) is 16.9 Å². The van der Waals surface area contributed by atoms with Crippen molar-refractivity contribution in [2.24, 2.45) is 0 Å². The van der Waals surface area contributed by atoms with Crippen LogP contribution in [0.4, 0.5) is 11.4 Å². The van der Waals surface area contributed by atoms with Gasteiger partial charge in [-0.3, -0.25) is 14.9 Å². The topological polar surface area (TPSA) is 135 Å². The molecule has 0 saturated carbocycles. The first kappa shape index (κ1) is 20.3. The van der Waals surface area contributed by atoms with Crippen molar-refractivity contribution in [1.82, 2.24) is 0 Å². The Bertz CT molecular complexity index is 978. The minimum Gasteiger partial charge on any atom is -0.500 e. The van der Waals surface area contributed by atoms with E-state index < -0.39 is 22.3 Å². The summed E-state index contributed by atoms with van der Waals surface area (Å²) >= 11 is 0. The number of nitriles is 1. The van der Waals surface area contributed by atoms with Gasteiger partial charge >= 0.3 is 5.69 Å². The van der Waals surface area contributed by atoms with Crippen molar-refractivity contribution in [3.63, 3.8) is 0 Å². The zero-order chi connectivity index (χ0) is 20.7. The molecular formula is C19H17N3O6. The number of rotatable bonds is 7. The number of carbonyl (C=O) groups excluding carboxylic acids is 1. The van der Waals surface area contributed by atoms with E-state index in [1.807, 2.05) is 6.92 Å². The number of carbonyl (C=O) groups is 1. The molecule has 0 bridgehead atoms. The fourth-order valence-electron chi connectivity index (χ4n) is 2.34. The molecule has 9 heteroatoms. The minimum atomic E-state index is -0.791. The van der Waals surface area contributed by atoms with E-state index in [4.69, 9.17) is 9.47 Å². The molecule has 0 saturated heterocycles. The Labute approximate surface area is 160 Å². The highest BCUT2D eigenvalue weighted by molar-refractivity contribution is 6.09. The van der Waals surface area contributed by atoms with Gasteiger partial charge in [-0.05, 0) is 36.8 Å². The summed E-state index contributed by atoms with van der Waals surface area (Å²) in [5.41, 5.74) is -0.320. The van der Waals surface area contributed by atoms with Gasteiger partial charge in [0.25, 0.3) is 5.91 Å². The van der Waals surface area contributed by atoms with Gasteiger partial charge in [0, 0.05) is 17.8 Å². The second kappa shape index (κ2) is 9.05. The lowest BCUT2D eigenvalue weighted by atomic mass is 10.1. The molecule has 0 fully saturated rings. The van der Waals surface area contributed by atoms with Crippen LogP contribution in [0.2, 0.25) is 0 Å². The van der Waals surface area contributed by atoms with E-state index in [0.717, 1.165) is 12.1 Å². The Kier molecular flexibility index (Phi) is 6.54. The van der Waals surface area contributed by atoms with Gasteiger partial charge in [-0.1, -0.05) is 6.07 Å². The maximum Gasteiger partial charge on any atom is 0.315 e. The van der Waals surface area contributed by atoms with Crippen molar-refractivity contribution in [2.75, 3.05) is 19.0 Å². The molecule has 2 aromatic carbocycles. The number of methoxy groups -OCH3 is 1. The first-order valence-electron chi connectivity index (χ1n) is 8.11. The molecule has 0 spiro atoms. The fourth-order valence-corrected chi connectivity index (χ4v) is 2.34. The molecule has 0 aliphatic carbocycles. The molecule has 0 heterocycles. The molecule has 2 rings (SSSR count). The Hall–Kier alpha value is -4.06. The van der Waals surface area contributed by atoms with Gasteiger partial charge in [-0.25, -0.2) is 0 Å². The number of benzene rings is 2. The Morgan fingerprint density at radius 3 is 2.75 bits per heavy atom. The third-order valence-corrected chi connectivity index (χ3v) is 3.57. The monoisotopic (exact) mass is 383 g/mol. The zero-order valence-corrected chi connectivity index (χ0v) is 15.1. The number of hydrogen-bond donors (Lipinski definition) is 2. The quantitative estimate of drug-likeness (QED) is 0.324. The number of nitro benzene ring substituents is 1. The molecule has 144 valence electrons. The van der Waals surface area contributed by atoms with E-state index >= 15 is 0 Å². The normalized spacial score (nSPS) is 10.7. The average molecular weight is 383 g/mol. The smallest absolute Gasteiger partial charge is 0.315 e. The van der Waals surface area contributed by atoms with Gasteiger partial charge in [-0.2, -0.15) is 5.26 Å². The number of ether oxygens (including phenoxy) is 2. The van der Waals surface area contributed by atoms with Gasteiger partial charge in [0.2, 0.25) is 5.75 Å². The van der Waals surface area contributed by atoms with E-state index in [1.165, 1.54) is 13.2 Å². The highest BCUT2D eigenvalue weighted by atomic mass is 16.6. The largest absolute Gasteiger partial charge is 0.500 e. The molecule has 2 N–H and O–H groups in total. The maximum absolute atomic E-state index is 12.4. The molecule has 1 amide bonds. The highest BCUT2D eigenvalue weighted by Crippen LogP contribution is 2.37. The molecule has 0 radical (unpaired) electrons. The van der Waals surface area contributed by atoms with Crippen molar-refractivity contribution in [3.05, 3.63) is 57.6 Å². The lowest BCUT2D eigenvalue weighted by Gasteiger charge is -2.08. The van der Waals surface area contributed by atoms with Gasteiger partial charge < -0.3 is 19.9 Å². The van der Waals surface area contributed by atoms with Crippen molar-refractivity contribution < 1.29 is 24.3 Å². The van der Waals surface area contributed by atoms with Crippen molar-refractivity contribution in [2.45, 2.75) is 6.92 Å². The number of amides is 1. The standard InChI is InChI=1S/C19H17N3O6/c1-3-28-15-6-4-5-14(10-15)21-19(24)13(11-20)7-12-8-16(22(25)26)18(23)17(9-12)27-2/h4-10,23H,3H2,1-2H3,(H,21,24)/b13-7+. The lowest BCUT2D eigenvalue weighted by molar-refractivity contribution is -0.386. The Balaban J connectivity index is 2.34. The first-order valence-corrected chi connectivity index (χ1v) is 8.11. The highest BCUT2D eigenvalue weighted by Gasteiger charge is 2.20. The van der Waals surface area contributed by atoms with Crippen molar-refractivity contribution in [3.8, 4) is 23.3 Å². The molecule has 0 aliphatic heterocycles. The van der Waals surface area contributed by atoms with Gasteiger partial charge in [0.1, 0.15) is 17.4 Å². The fraction of sp³-hybridized carbons (Fsp3) is 0.158. The van der Waals surface area contributed by atoms with Crippen LogP contribution in [0.5, 0.6) is 17.2 Å². The van der Waals surface area contributed by atoms with E-state index in [9.17, 15) is 25.3 Å². The summed E-state index contributed by atoms with van der Waals surface area (Å²) in [5.74, 6) is -0.935. The predicted molar refractivity (Wildman–Crippen MR) is 101 cm³/mol. The van der Waals surface area contributed by atoms with Crippen LogP contribution in [0.3, 0.4) is 0 Å². The lowest BCUT2D eigenvalue weighted by Crippen LogP contribution is -2.13.